The van der Waals surface area contributed by atoms with E-state index in [1.165, 1.54) is 0 Å². The van der Waals surface area contributed by atoms with Crippen LogP contribution < -0.4 is 0 Å². The minimum atomic E-state index is -0.625. The highest BCUT2D eigenvalue weighted by atomic mass is 16.4. The Bertz CT molecular complexity index is 703. The predicted molar refractivity (Wildman–Crippen MR) is 99.7 cm³/mol. The fraction of sp³-hybridized carbons (Fsp3) is 0.762. The quantitative estimate of drug-likeness (QED) is 0.770. The van der Waals surface area contributed by atoms with Crippen molar-refractivity contribution in [3.63, 3.8) is 0 Å². The topological polar surface area (TPSA) is 70.0 Å². The molecule has 1 N–H and O–H groups in total. The van der Waals surface area contributed by atoms with Gasteiger partial charge in [-0.05, 0) is 74.5 Å². The number of nitrogens with zero attached hydrogens (tertiary/aromatic N) is 2. The molecule has 142 valence electrons. The number of carboxylic acid groups (broad SMARTS) is 1. The van der Waals surface area contributed by atoms with Crippen LogP contribution in [0.15, 0.2) is 17.1 Å². The van der Waals surface area contributed by atoms with Gasteiger partial charge in [0.15, 0.2) is 0 Å². The van der Waals surface area contributed by atoms with Crippen LogP contribution in [0.4, 0.5) is 0 Å². The van der Waals surface area contributed by atoms with Crippen molar-refractivity contribution in [1.29, 1.82) is 0 Å². The van der Waals surface area contributed by atoms with Crippen LogP contribution in [0.25, 0.3) is 0 Å². The lowest BCUT2D eigenvalue weighted by Crippen LogP contribution is -2.67. The number of hydrogen-bond donors (Lipinski definition) is 1. The average Bonchev–Trinajstić information content (AvgIpc) is 2.96. The summed E-state index contributed by atoms with van der Waals surface area (Å²) in [5.41, 5.74) is -0.896. The first-order chi connectivity index (χ1) is 12.2. The van der Waals surface area contributed by atoms with Crippen LogP contribution in [-0.2, 0) is 9.59 Å². The Kier molecular flexibility index (Phi) is 3.71. The van der Waals surface area contributed by atoms with Crippen molar-refractivity contribution in [2.45, 2.75) is 58.0 Å². The van der Waals surface area contributed by atoms with Gasteiger partial charge in [0.25, 0.3) is 0 Å². The van der Waals surface area contributed by atoms with Crippen LogP contribution in [0, 0.1) is 34.5 Å². The minimum absolute atomic E-state index is 0.000723. The second kappa shape index (κ2) is 5.43. The van der Waals surface area contributed by atoms with Gasteiger partial charge in [0.1, 0.15) is 5.66 Å². The highest BCUT2D eigenvalue weighted by molar-refractivity contribution is 5.89. The first kappa shape index (κ1) is 17.7. The third-order valence-corrected chi connectivity index (χ3v) is 8.91. The summed E-state index contributed by atoms with van der Waals surface area (Å²) in [6.07, 6.45) is 9.36. The molecule has 5 heteroatoms. The van der Waals surface area contributed by atoms with Crippen LogP contribution in [0.5, 0.6) is 0 Å². The van der Waals surface area contributed by atoms with E-state index in [9.17, 15) is 14.7 Å². The highest BCUT2D eigenvalue weighted by Gasteiger charge is 2.66. The lowest BCUT2D eigenvalue weighted by Gasteiger charge is -2.63. The number of fused-ring (bicyclic) bond motifs is 5. The summed E-state index contributed by atoms with van der Waals surface area (Å²) in [5.74, 6) is 0.541. The smallest absolute Gasteiger partial charge is 0.307 e. The SMILES string of the molecule is C=N[C@@]12CCC3C(CC[C@]4(C)[C@@H](C(=O)O)CC[C@@H]34)[C@@]1(C)C=CC(=O)N2C. The van der Waals surface area contributed by atoms with Crippen LogP contribution in [0.2, 0.25) is 0 Å². The fourth-order valence-corrected chi connectivity index (χ4v) is 7.45. The molecule has 3 saturated carbocycles. The number of amides is 1. The second-order valence-corrected chi connectivity index (χ2v) is 9.42. The summed E-state index contributed by atoms with van der Waals surface area (Å²) in [7, 11) is 1.85. The van der Waals surface area contributed by atoms with Gasteiger partial charge in [0.2, 0.25) is 5.91 Å². The monoisotopic (exact) mass is 358 g/mol. The van der Waals surface area contributed by atoms with Crippen LogP contribution in [0.3, 0.4) is 0 Å². The maximum Gasteiger partial charge on any atom is 0.307 e. The Hall–Kier alpha value is -1.65. The van der Waals surface area contributed by atoms with Crippen LogP contribution in [-0.4, -0.2) is 41.3 Å². The van der Waals surface area contributed by atoms with E-state index in [1.807, 2.05) is 7.05 Å². The predicted octanol–water partition coefficient (Wildman–Crippen LogP) is 3.35. The van der Waals surface area contributed by atoms with Crippen molar-refractivity contribution in [3.05, 3.63) is 12.2 Å². The largest absolute Gasteiger partial charge is 0.481 e. The molecule has 0 aromatic rings. The first-order valence-corrected chi connectivity index (χ1v) is 9.89. The third kappa shape index (κ3) is 1.89. The zero-order valence-electron chi connectivity index (χ0n) is 16.1. The molecule has 3 aliphatic carbocycles. The van der Waals surface area contributed by atoms with Gasteiger partial charge in [-0.25, -0.2) is 0 Å². The zero-order valence-corrected chi connectivity index (χ0v) is 16.1. The normalized spacial score (nSPS) is 50.0. The van der Waals surface area contributed by atoms with Crippen molar-refractivity contribution in [1.82, 2.24) is 4.90 Å². The molecule has 26 heavy (non-hydrogen) atoms. The van der Waals surface area contributed by atoms with Gasteiger partial charge >= 0.3 is 5.97 Å². The number of aliphatic imine (C=N–C) groups is 1. The molecule has 1 heterocycles. The lowest BCUT2D eigenvalue weighted by atomic mass is 9.46. The molecule has 0 aromatic heterocycles. The lowest BCUT2D eigenvalue weighted by molar-refractivity contribution is -0.162. The molecule has 1 amide bonds. The third-order valence-electron chi connectivity index (χ3n) is 8.91. The Morgan fingerprint density at radius 1 is 1.23 bits per heavy atom. The Morgan fingerprint density at radius 3 is 2.62 bits per heavy atom. The molecule has 7 atom stereocenters. The van der Waals surface area contributed by atoms with E-state index in [-0.39, 0.29) is 22.7 Å². The maximum atomic E-state index is 12.4. The summed E-state index contributed by atoms with van der Waals surface area (Å²) in [4.78, 5) is 30.5. The van der Waals surface area contributed by atoms with Gasteiger partial charge in [0, 0.05) is 12.5 Å². The molecule has 0 aromatic carbocycles. The van der Waals surface area contributed by atoms with Crippen molar-refractivity contribution in [2.75, 3.05) is 7.05 Å². The fourth-order valence-electron chi connectivity index (χ4n) is 7.45. The Balaban J connectivity index is 1.75. The molecule has 4 aliphatic rings. The van der Waals surface area contributed by atoms with Gasteiger partial charge in [-0.1, -0.05) is 19.9 Å². The minimum Gasteiger partial charge on any atom is -0.481 e. The van der Waals surface area contributed by atoms with E-state index in [2.05, 4.69) is 31.6 Å². The number of carbonyl (C=O) groups is 2. The van der Waals surface area contributed by atoms with Gasteiger partial charge in [0.05, 0.1) is 5.92 Å². The van der Waals surface area contributed by atoms with Crippen molar-refractivity contribution in [2.24, 2.45) is 39.5 Å². The number of hydrogen-bond acceptors (Lipinski definition) is 3. The summed E-state index contributed by atoms with van der Waals surface area (Å²) in [6.45, 7) is 8.34. The van der Waals surface area contributed by atoms with Gasteiger partial charge in [-0.15, -0.1) is 0 Å². The van der Waals surface area contributed by atoms with Gasteiger partial charge < -0.3 is 10.0 Å². The number of carboxylic acids is 1. The van der Waals surface area contributed by atoms with Crippen molar-refractivity contribution in [3.8, 4) is 0 Å². The van der Waals surface area contributed by atoms with Crippen molar-refractivity contribution < 1.29 is 14.7 Å². The average molecular weight is 358 g/mol. The number of rotatable bonds is 2. The summed E-state index contributed by atoms with van der Waals surface area (Å²) in [5, 5.41) is 9.72. The summed E-state index contributed by atoms with van der Waals surface area (Å²) in [6, 6.07) is 0. The molecule has 3 fully saturated rings. The maximum absolute atomic E-state index is 12.4. The van der Waals surface area contributed by atoms with E-state index < -0.39 is 11.6 Å². The van der Waals surface area contributed by atoms with Crippen LogP contribution in [0.1, 0.15) is 52.4 Å². The van der Waals surface area contributed by atoms with E-state index in [0.29, 0.717) is 17.8 Å². The molecule has 1 aliphatic heterocycles. The van der Waals surface area contributed by atoms with E-state index >= 15 is 0 Å². The van der Waals surface area contributed by atoms with E-state index in [0.717, 1.165) is 38.5 Å². The molecule has 0 radical (unpaired) electrons. The van der Waals surface area contributed by atoms with Crippen LogP contribution >= 0.6 is 0 Å². The van der Waals surface area contributed by atoms with E-state index in [4.69, 9.17) is 0 Å². The number of likely N-dealkylation sites (N-methyl/N-ethyl adjacent to an activating group) is 1. The Labute approximate surface area is 155 Å². The molecule has 2 unspecified atom stereocenters. The van der Waals surface area contributed by atoms with Gasteiger partial charge in [-0.3, -0.25) is 14.6 Å². The molecule has 0 bridgehead atoms. The standard InChI is InChI=1S/C21H30N2O3/c1-19-10-8-15-13(14(19)5-6-16(19)18(25)26)7-12-21(22-3)20(15,2)11-9-17(24)23(21)4/h9,11,13-16H,3,5-8,10,12H2,1-2,4H3,(H,25,26)/t13?,14-,15?,16+,19-,20+,21+/m0/s1. The zero-order chi connectivity index (χ0) is 18.9. The van der Waals surface area contributed by atoms with E-state index in [1.54, 1.807) is 11.0 Å². The first-order valence-electron chi connectivity index (χ1n) is 9.89. The molecule has 0 saturated heterocycles. The number of carbonyl (C=O) groups excluding carboxylic acids is 1. The molecule has 0 spiro atoms. The molecule has 5 nitrogen and oxygen atoms in total. The number of aliphatic carboxylic acids is 1. The van der Waals surface area contributed by atoms with Crippen molar-refractivity contribution >= 4 is 18.6 Å². The van der Waals surface area contributed by atoms with Gasteiger partial charge in [-0.2, -0.15) is 0 Å². The molecular formula is C21H30N2O3. The molecular weight excluding hydrogens is 328 g/mol. The summed E-state index contributed by atoms with van der Waals surface area (Å²) < 4.78 is 0. The second-order valence-electron chi connectivity index (χ2n) is 9.42. The Morgan fingerprint density at radius 2 is 1.96 bits per heavy atom. The summed E-state index contributed by atoms with van der Waals surface area (Å²) >= 11 is 0. The molecule has 4 rings (SSSR count). The highest BCUT2D eigenvalue weighted by Crippen LogP contribution is 2.67.